The topological polar surface area (TPSA) is 61.7 Å². The molecular weight excluding hydrogens is 276 g/mol. The summed E-state index contributed by atoms with van der Waals surface area (Å²) in [7, 11) is 0. The fraction of sp³-hybridized carbons (Fsp3) is 0.111. The van der Waals surface area contributed by atoms with Crippen molar-refractivity contribution in [3.8, 4) is 5.75 Å². The molecule has 22 heavy (non-hydrogen) atoms. The molecule has 1 aliphatic heterocycles. The van der Waals surface area contributed by atoms with Crippen LogP contribution < -0.4 is 5.43 Å². The van der Waals surface area contributed by atoms with E-state index >= 15 is 0 Å². The van der Waals surface area contributed by atoms with Crippen LogP contribution in [0, 0.1) is 6.92 Å². The first-order valence-electron chi connectivity index (χ1n) is 7.05. The number of rotatable bonds is 2. The molecule has 0 fully saturated rings. The molecule has 2 aromatic rings. The Hall–Kier alpha value is -2.88. The maximum atomic E-state index is 12.0. The molecule has 0 radical (unpaired) electrons. The van der Waals surface area contributed by atoms with Gasteiger partial charge in [-0.05, 0) is 36.3 Å². The monoisotopic (exact) mass is 292 g/mol. The average Bonchev–Trinajstić information content (AvgIpc) is 2.52. The average molecular weight is 292 g/mol. The number of benzene rings is 2. The van der Waals surface area contributed by atoms with Crippen LogP contribution >= 0.6 is 0 Å². The van der Waals surface area contributed by atoms with Crippen LogP contribution in [0.3, 0.4) is 0 Å². The van der Waals surface area contributed by atoms with Crippen molar-refractivity contribution < 1.29 is 9.90 Å². The summed E-state index contributed by atoms with van der Waals surface area (Å²) < 4.78 is 0. The molecule has 0 saturated carbocycles. The number of hydrazone groups is 1. The van der Waals surface area contributed by atoms with Crippen LogP contribution in [0.1, 0.15) is 23.1 Å². The molecule has 0 spiro atoms. The zero-order chi connectivity index (χ0) is 15.5. The first kappa shape index (κ1) is 14.1. The lowest BCUT2D eigenvalue weighted by atomic mass is 9.98. The predicted molar refractivity (Wildman–Crippen MR) is 86.6 cm³/mol. The van der Waals surface area contributed by atoms with Crippen LogP contribution in [0.25, 0.3) is 6.08 Å². The quantitative estimate of drug-likeness (QED) is 0.836. The van der Waals surface area contributed by atoms with Gasteiger partial charge in [0, 0.05) is 12.0 Å². The maximum absolute atomic E-state index is 12.0. The third-order valence-corrected chi connectivity index (χ3v) is 3.56. The molecule has 0 aliphatic carbocycles. The number of carbonyl (C=O) groups is 1. The lowest BCUT2D eigenvalue weighted by Gasteiger charge is -2.15. The Morgan fingerprint density at radius 1 is 1.09 bits per heavy atom. The Kier molecular flexibility index (Phi) is 3.74. The summed E-state index contributed by atoms with van der Waals surface area (Å²) in [6.07, 6.45) is 2.30. The fourth-order valence-electron chi connectivity index (χ4n) is 2.29. The van der Waals surface area contributed by atoms with Crippen LogP contribution in [0.4, 0.5) is 0 Å². The lowest BCUT2D eigenvalue weighted by Crippen LogP contribution is -2.28. The molecule has 2 aromatic carbocycles. The van der Waals surface area contributed by atoms with E-state index in [0.29, 0.717) is 12.0 Å². The number of hydrogen-bond acceptors (Lipinski definition) is 3. The zero-order valence-electron chi connectivity index (χ0n) is 12.2. The molecule has 4 nitrogen and oxygen atoms in total. The lowest BCUT2D eigenvalue weighted by molar-refractivity contribution is -0.117. The van der Waals surface area contributed by atoms with Gasteiger partial charge in [-0.15, -0.1) is 0 Å². The summed E-state index contributed by atoms with van der Waals surface area (Å²) >= 11 is 0. The largest absolute Gasteiger partial charge is 0.508 e. The number of carbonyl (C=O) groups excluding carboxylic acids is 1. The van der Waals surface area contributed by atoms with E-state index < -0.39 is 0 Å². The molecular formula is C18H16N2O2. The number of phenolic OH excluding ortho intramolecular Hbond substituents is 1. The minimum absolute atomic E-state index is 0.191. The van der Waals surface area contributed by atoms with Gasteiger partial charge in [-0.1, -0.05) is 42.0 Å². The highest BCUT2D eigenvalue weighted by Gasteiger charge is 2.19. The Morgan fingerprint density at radius 2 is 1.77 bits per heavy atom. The van der Waals surface area contributed by atoms with Crippen molar-refractivity contribution in [1.29, 1.82) is 0 Å². The number of aromatic hydroxyl groups is 1. The van der Waals surface area contributed by atoms with Gasteiger partial charge in [-0.2, -0.15) is 5.10 Å². The number of aryl methyl sites for hydroxylation is 1. The molecule has 0 unspecified atom stereocenters. The van der Waals surface area contributed by atoms with Gasteiger partial charge in [0.1, 0.15) is 5.75 Å². The van der Waals surface area contributed by atoms with Crippen molar-refractivity contribution in [2.24, 2.45) is 5.10 Å². The van der Waals surface area contributed by atoms with E-state index in [1.807, 2.05) is 37.3 Å². The Balaban J connectivity index is 1.87. The molecule has 1 heterocycles. The summed E-state index contributed by atoms with van der Waals surface area (Å²) in [5.41, 5.74) is 7.10. The first-order chi connectivity index (χ1) is 10.6. The van der Waals surface area contributed by atoms with Crippen molar-refractivity contribution in [1.82, 2.24) is 5.43 Å². The van der Waals surface area contributed by atoms with Crippen LogP contribution in [0.15, 0.2) is 59.2 Å². The molecule has 0 bridgehead atoms. The van der Waals surface area contributed by atoms with Crippen molar-refractivity contribution in [2.75, 3.05) is 0 Å². The molecule has 0 atom stereocenters. The van der Waals surface area contributed by atoms with Crippen LogP contribution in [-0.4, -0.2) is 16.7 Å². The van der Waals surface area contributed by atoms with Crippen molar-refractivity contribution >= 4 is 17.7 Å². The minimum atomic E-state index is -0.191. The number of nitrogens with one attached hydrogen (secondary N) is 1. The highest BCUT2D eigenvalue weighted by molar-refractivity contribution is 6.12. The standard InChI is InChI=1S/C18H16N2O2/c1-12-2-6-14(7-3-12)17-11-15(18(22)20-19-17)10-13-4-8-16(21)9-5-13/h2-10,21H,11H2,1H3,(H,20,22)/b15-10-. The van der Waals surface area contributed by atoms with Gasteiger partial charge < -0.3 is 5.11 Å². The van der Waals surface area contributed by atoms with Gasteiger partial charge in [-0.3, -0.25) is 4.79 Å². The second kappa shape index (κ2) is 5.85. The Morgan fingerprint density at radius 3 is 2.45 bits per heavy atom. The fourth-order valence-corrected chi connectivity index (χ4v) is 2.29. The smallest absolute Gasteiger partial charge is 0.267 e. The van der Waals surface area contributed by atoms with E-state index in [0.717, 1.165) is 16.8 Å². The van der Waals surface area contributed by atoms with Gasteiger partial charge in [0.2, 0.25) is 0 Å². The van der Waals surface area contributed by atoms with Crippen LogP contribution in [-0.2, 0) is 4.79 Å². The molecule has 1 amide bonds. The van der Waals surface area contributed by atoms with E-state index in [1.54, 1.807) is 24.3 Å². The van der Waals surface area contributed by atoms with Crippen molar-refractivity contribution in [3.05, 3.63) is 70.8 Å². The summed E-state index contributed by atoms with van der Waals surface area (Å²) in [5, 5.41) is 13.5. The van der Waals surface area contributed by atoms with E-state index in [1.165, 1.54) is 5.56 Å². The summed E-state index contributed by atoms with van der Waals surface area (Å²) in [5.74, 6) is 0.0149. The minimum Gasteiger partial charge on any atom is -0.508 e. The Labute approximate surface area is 128 Å². The van der Waals surface area contributed by atoms with Crippen LogP contribution in [0.2, 0.25) is 0 Å². The highest BCUT2D eigenvalue weighted by atomic mass is 16.3. The van der Waals surface area contributed by atoms with Gasteiger partial charge in [0.15, 0.2) is 0 Å². The molecule has 2 N–H and O–H groups in total. The third-order valence-electron chi connectivity index (χ3n) is 3.56. The molecule has 3 rings (SSSR count). The second-order valence-corrected chi connectivity index (χ2v) is 5.30. The highest BCUT2D eigenvalue weighted by Crippen LogP contribution is 2.19. The van der Waals surface area contributed by atoms with Gasteiger partial charge in [-0.25, -0.2) is 5.43 Å². The zero-order valence-corrected chi connectivity index (χ0v) is 12.2. The summed E-state index contributed by atoms with van der Waals surface area (Å²) in [6, 6.07) is 14.8. The molecule has 0 aromatic heterocycles. The SMILES string of the molecule is Cc1ccc(C2=NNC(=O)/C(=C\c3ccc(O)cc3)C2)cc1. The van der Waals surface area contributed by atoms with Crippen LogP contribution in [0.5, 0.6) is 5.75 Å². The third kappa shape index (κ3) is 3.06. The van der Waals surface area contributed by atoms with E-state index in [9.17, 15) is 9.90 Å². The molecule has 1 aliphatic rings. The normalized spacial score (nSPS) is 16.3. The molecule has 110 valence electrons. The summed E-state index contributed by atoms with van der Waals surface area (Å²) in [4.78, 5) is 12.0. The number of phenols is 1. The molecule has 4 heteroatoms. The number of hydrogen-bond donors (Lipinski definition) is 2. The van der Waals surface area contributed by atoms with E-state index in [4.69, 9.17) is 0 Å². The van der Waals surface area contributed by atoms with E-state index in [2.05, 4.69) is 10.5 Å². The van der Waals surface area contributed by atoms with Gasteiger partial charge >= 0.3 is 0 Å². The molecule has 0 saturated heterocycles. The second-order valence-electron chi connectivity index (χ2n) is 5.30. The van der Waals surface area contributed by atoms with Gasteiger partial charge in [0.05, 0.1) is 5.71 Å². The van der Waals surface area contributed by atoms with Gasteiger partial charge in [0.25, 0.3) is 5.91 Å². The summed E-state index contributed by atoms with van der Waals surface area (Å²) in [6.45, 7) is 2.03. The van der Waals surface area contributed by atoms with Crippen molar-refractivity contribution in [3.63, 3.8) is 0 Å². The number of nitrogens with zero attached hydrogens (tertiary/aromatic N) is 1. The Bertz CT molecular complexity index is 757. The maximum Gasteiger partial charge on any atom is 0.267 e. The number of amides is 1. The predicted octanol–water partition coefficient (Wildman–Crippen LogP) is 3.01. The van der Waals surface area contributed by atoms with Crippen molar-refractivity contribution in [2.45, 2.75) is 13.3 Å². The van der Waals surface area contributed by atoms with E-state index in [-0.39, 0.29) is 11.7 Å². The first-order valence-corrected chi connectivity index (χ1v) is 7.05.